The first kappa shape index (κ1) is 18.1. The van der Waals surface area contributed by atoms with Gasteiger partial charge >= 0.3 is 0 Å². The molecule has 0 unspecified atom stereocenters. The Morgan fingerprint density at radius 3 is 2.65 bits per heavy atom. The van der Waals surface area contributed by atoms with Crippen molar-refractivity contribution in [1.82, 2.24) is 14.7 Å². The SMILES string of the molecule is CN(C)CCc1nn(COCC[Si](C)(C)C)c2ccc(F)cc12. The molecule has 1 aromatic carbocycles. The molecule has 0 N–H and O–H groups in total. The van der Waals surface area contributed by atoms with Gasteiger partial charge in [-0.3, -0.25) is 0 Å². The molecule has 0 fully saturated rings. The smallest absolute Gasteiger partial charge is 0.140 e. The Morgan fingerprint density at radius 2 is 2.00 bits per heavy atom. The lowest BCUT2D eigenvalue weighted by atomic mass is 10.1. The van der Waals surface area contributed by atoms with Crippen LogP contribution < -0.4 is 0 Å². The van der Waals surface area contributed by atoms with Gasteiger partial charge in [0.1, 0.15) is 12.5 Å². The van der Waals surface area contributed by atoms with Crippen LogP contribution in [0.3, 0.4) is 0 Å². The molecule has 128 valence electrons. The zero-order valence-electron chi connectivity index (χ0n) is 14.9. The third-order valence-corrected chi connectivity index (χ3v) is 5.50. The summed E-state index contributed by atoms with van der Waals surface area (Å²) in [6.45, 7) is 9.07. The zero-order valence-corrected chi connectivity index (χ0v) is 15.9. The standard InChI is InChI=1S/C17H28FN3OSi/c1-20(2)9-8-16-15-12-14(18)6-7-17(15)21(19-16)13-22-10-11-23(3,4)5/h6-7,12H,8-11,13H2,1-5H3. The van der Waals surface area contributed by atoms with E-state index in [1.54, 1.807) is 12.1 Å². The molecule has 23 heavy (non-hydrogen) atoms. The lowest BCUT2D eigenvalue weighted by Gasteiger charge is -2.15. The van der Waals surface area contributed by atoms with Crippen molar-refractivity contribution < 1.29 is 9.13 Å². The molecular formula is C17H28FN3OSi. The summed E-state index contributed by atoms with van der Waals surface area (Å²) < 4.78 is 21.2. The van der Waals surface area contributed by atoms with Gasteiger partial charge in [-0.25, -0.2) is 9.07 Å². The molecule has 0 saturated carbocycles. The molecule has 4 nitrogen and oxygen atoms in total. The number of nitrogens with zero attached hydrogens (tertiary/aromatic N) is 3. The van der Waals surface area contributed by atoms with E-state index in [-0.39, 0.29) is 5.82 Å². The first-order valence-corrected chi connectivity index (χ1v) is 11.8. The van der Waals surface area contributed by atoms with Gasteiger partial charge in [0.25, 0.3) is 0 Å². The second-order valence-corrected chi connectivity index (χ2v) is 13.1. The van der Waals surface area contributed by atoms with Crippen LogP contribution in [-0.4, -0.2) is 50.0 Å². The molecule has 0 saturated heterocycles. The van der Waals surface area contributed by atoms with Gasteiger partial charge in [0.2, 0.25) is 0 Å². The van der Waals surface area contributed by atoms with Gasteiger partial charge in [-0.15, -0.1) is 0 Å². The average molecular weight is 338 g/mol. The summed E-state index contributed by atoms with van der Waals surface area (Å²) in [4.78, 5) is 2.11. The van der Waals surface area contributed by atoms with Gasteiger partial charge < -0.3 is 9.64 Å². The van der Waals surface area contributed by atoms with E-state index in [0.29, 0.717) is 6.73 Å². The first-order chi connectivity index (χ1) is 10.8. The van der Waals surface area contributed by atoms with Crippen molar-refractivity contribution in [2.45, 2.75) is 38.8 Å². The minimum Gasteiger partial charge on any atom is -0.360 e. The Labute approximate surface area is 139 Å². The lowest BCUT2D eigenvalue weighted by molar-refractivity contribution is 0.0813. The predicted molar refractivity (Wildman–Crippen MR) is 96.1 cm³/mol. The maximum atomic E-state index is 13.6. The van der Waals surface area contributed by atoms with Gasteiger partial charge in [0.15, 0.2) is 0 Å². The van der Waals surface area contributed by atoms with E-state index in [9.17, 15) is 4.39 Å². The second-order valence-electron chi connectivity index (χ2n) is 7.51. The van der Waals surface area contributed by atoms with Crippen LogP contribution in [0.5, 0.6) is 0 Å². The molecule has 0 amide bonds. The molecule has 2 rings (SSSR count). The third-order valence-electron chi connectivity index (χ3n) is 3.79. The highest BCUT2D eigenvalue weighted by atomic mass is 28.3. The summed E-state index contributed by atoms with van der Waals surface area (Å²) in [6, 6.07) is 5.98. The van der Waals surface area contributed by atoms with Gasteiger partial charge in [-0.2, -0.15) is 5.10 Å². The van der Waals surface area contributed by atoms with Crippen LogP contribution in [0.15, 0.2) is 18.2 Å². The number of likely N-dealkylation sites (N-methyl/N-ethyl adjacent to an activating group) is 1. The summed E-state index contributed by atoms with van der Waals surface area (Å²) in [5.74, 6) is -0.220. The summed E-state index contributed by atoms with van der Waals surface area (Å²) in [6.07, 6.45) is 0.800. The van der Waals surface area contributed by atoms with Crippen LogP contribution in [0, 0.1) is 5.82 Å². The molecule has 0 atom stereocenters. The molecule has 2 aromatic rings. The van der Waals surface area contributed by atoms with Gasteiger partial charge in [-0.05, 0) is 38.3 Å². The molecule has 0 spiro atoms. The summed E-state index contributed by atoms with van der Waals surface area (Å²) >= 11 is 0. The summed E-state index contributed by atoms with van der Waals surface area (Å²) in [5, 5.41) is 5.54. The number of fused-ring (bicyclic) bond motifs is 1. The van der Waals surface area contributed by atoms with E-state index in [1.165, 1.54) is 6.07 Å². The van der Waals surface area contributed by atoms with Crippen molar-refractivity contribution in [3.05, 3.63) is 29.7 Å². The first-order valence-electron chi connectivity index (χ1n) is 8.14. The van der Waals surface area contributed by atoms with Crippen LogP contribution in [0.2, 0.25) is 25.7 Å². The third kappa shape index (κ3) is 5.41. The van der Waals surface area contributed by atoms with Gasteiger partial charge in [0, 0.05) is 33.0 Å². The van der Waals surface area contributed by atoms with Crippen molar-refractivity contribution in [3.8, 4) is 0 Å². The van der Waals surface area contributed by atoms with Crippen LogP contribution in [0.25, 0.3) is 10.9 Å². The van der Waals surface area contributed by atoms with Crippen LogP contribution in [0.1, 0.15) is 5.69 Å². The number of benzene rings is 1. The van der Waals surface area contributed by atoms with Gasteiger partial charge in [0.05, 0.1) is 11.2 Å². The maximum Gasteiger partial charge on any atom is 0.140 e. The summed E-state index contributed by atoms with van der Waals surface area (Å²) in [5.41, 5.74) is 1.87. The Hall–Kier alpha value is -1.24. The van der Waals surface area contributed by atoms with Crippen LogP contribution in [0.4, 0.5) is 4.39 Å². The summed E-state index contributed by atoms with van der Waals surface area (Å²) in [7, 11) is 2.97. The fourth-order valence-electron chi connectivity index (χ4n) is 2.36. The maximum absolute atomic E-state index is 13.6. The molecule has 1 heterocycles. The Kier molecular flexibility index (Phi) is 5.94. The van der Waals surface area contributed by atoms with E-state index < -0.39 is 8.07 Å². The highest BCUT2D eigenvalue weighted by Gasteiger charge is 2.14. The highest BCUT2D eigenvalue weighted by molar-refractivity contribution is 6.76. The molecule has 0 aliphatic heterocycles. The number of aromatic nitrogens is 2. The van der Waals surface area contributed by atoms with Crippen molar-refractivity contribution in [2.75, 3.05) is 27.2 Å². The van der Waals surface area contributed by atoms with E-state index in [0.717, 1.165) is 42.2 Å². The number of hydrogen-bond acceptors (Lipinski definition) is 3. The molecule has 6 heteroatoms. The topological polar surface area (TPSA) is 30.3 Å². The highest BCUT2D eigenvalue weighted by Crippen LogP contribution is 2.21. The minimum atomic E-state index is -1.09. The zero-order chi connectivity index (χ0) is 17.0. The molecule has 0 radical (unpaired) electrons. The van der Waals surface area contributed by atoms with E-state index in [2.05, 4.69) is 29.6 Å². The Bertz CT molecular complexity index is 649. The number of rotatable bonds is 8. The quantitative estimate of drug-likeness (QED) is 0.545. The number of hydrogen-bond donors (Lipinski definition) is 0. The number of ether oxygens (including phenoxy) is 1. The molecule has 0 bridgehead atoms. The fraction of sp³-hybridized carbons (Fsp3) is 0.588. The average Bonchev–Trinajstić information content (AvgIpc) is 2.77. The molecule has 1 aromatic heterocycles. The van der Waals surface area contributed by atoms with Crippen molar-refractivity contribution in [2.24, 2.45) is 0 Å². The van der Waals surface area contributed by atoms with E-state index in [1.807, 2.05) is 18.8 Å². The lowest BCUT2D eigenvalue weighted by Crippen LogP contribution is -2.22. The number of halogens is 1. The Balaban J connectivity index is 2.12. The van der Waals surface area contributed by atoms with Gasteiger partial charge in [-0.1, -0.05) is 19.6 Å². The van der Waals surface area contributed by atoms with E-state index in [4.69, 9.17) is 4.74 Å². The largest absolute Gasteiger partial charge is 0.360 e. The fourth-order valence-corrected chi connectivity index (χ4v) is 3.12. The second kappa shape index (κ2) is 7.55. The minimum absolute atomic E-state index is 0.220. The van der Waals surface area contributed by atoms with Crippen molar-refractivity contribution in [1.29, 1.82) is 0 Å². The monoisotopic (exact) mass is 337 g/mol. The van der Waals surface area contributed by atoms with Crippen LogP contribution >= 0.6 is 0 Å². The molecular weight excluding hydrogens is 309 g/mol. The molecule has 0 aliphatic carbocycles. The molecule has 0 aliphatic rings. The van der Waals surface area contributed by atoms with Crippen LogP contribution in [-0.2, 0) is 17.9 Å². The van der Waals surface area contributed by atoms with Crippen molar-refractivity contribution in [3.63, 3.8) is 0 Å². The predicted octanol–water partition coefficient (Wildman–Crippen LogP) is 3.59. The normalized spacial score (nSPS) is 12.5. The Morgan fingerprint density at radius 1 is 1.26 bits per heavy atom. The van der Waals surface area contributed by atoms with Crippen molar-refractivity contribution >= 4 is 19.0 Å². The van der Waals surface area contributed by atoms with E-state index >= 15 is 0 Å².